The summed E-state index contributed by atoms with van der Waals surface area (Å²) in [6.07, 6.45) is 2.38. The van der Waals surface area contributed by atoms with Crippen molar-refractivity contribution in [3.63, 3.8) is 0 Å². The fourth-order valence-electron chi connectivity index (χ4n) is 4.52. The van der Waals surface area contributed by atoms with Crippen LogP contribution in [-0.4, -0.2) is 41.1 Å². The normalized spacial score (nSPS) is 15.3. The highest BCUT2D eigenvalue weighted by Crippen LogP contribution is 2.40. The molecule has 160 valence electrons. The third-order valence-corrected chi connectivity index (χ3v) is 6.04. The number of aromatic nitrogens is 1. The minimum atomic E-state index is -1.14. The smallest absolute Gasteiger partial charge is 0.328 e. The number of carboxylic acids is 1. The molecule has 1 aromatic heterocycles. The van der Waals surface area contributed by atoms with Gasteiger partial charge in [-0.15, -0.1) is 0 Å². The Kier molecular flexibility index (Phi) is 5.50. The summed E-state index contributed by atoms with van der Waals surface area (Å²) < 4.78 is 4.93. The number of hydrogen-bond donors (Lipinski definition) is 3. The fraction of sp³-hybridized carbons (Fsp3) is 0.292. The zero-order valence-electron chi connectivity index (χ0n) is 17.2. The van der Waals surface area contributed by atoms with Gasteiger partial charge in [0.05, 0.1) is 18.9 Å². The van der Waals surface area contributed by atoms with Crippen LogP contribution in [0, 0.1) is 5.41 Å². The molecule has 1 amide bonds. The van der Waals surface area contributed by atoms with E-state index in [1.165, 1.54) is 7.11 Å². The lowest BCUT2D eigenvalue weighted by atomic mass is 9.80. The Labute approximate surface area is 179 Å². The number of ether oxygens (including phenoxy) is 1. The van der Waals surface area contributed by atoms with E-state index in [9.17, 15) is 19.5 Å². The lowest BCUT2D eigenvalue weighted by molar-refractivity contribution is -0.148. The van der Waals surface area contributed by atoms with E-state index in [2.05, 4.69) is 10.3 Å². The Morgan fingerprint density at radius 3 is 2.39 bits per heavy atom. The zero-order valence-corrected chi connectivity index (χ0v) is 17.2. The Balaban J connectivity index is 1.60. The van der Waals surface area contributed by atoms with Gasteiger partial charge in [0.2, 0.25) is 5.91 Å². The Hall–Kier alpha value is -3.61. The van der Waals surface area contributed by atoms with Crippen molar-refractivity contribution >= 4 is 28.7 Å². The largest absolute Gasteiger partial charge is 0.481 e. The first-order valence-corrected chi connectivity index (χ1v) is 10.1. The average molecular weight is 420 g/mol. The van der Waals surface area contributed by atoms with Gasteiger partial charge in [0.15, 0.2) is 0 Å². The summed E-state index contributed by atoms with van der Waals surface area (Å²) in [6.45, 7) is 0. The second-order valence-corrected chi connectivity index (χ2v) is 8.09. The van der Waals surface area contributed by atoms with Crippen LogP contribution >= 0.6 is 0 Å². The molecule has 0 saturated carbocycles. The highest BCUT2D eigenvalue weighted by atomic mass is 16.5. The Bertz CT molecular complexity index is 1120. The maximum absolute atomic E-state index is 13.4. The van der Waals surface area contributed by atoms with Crippen LogP contribution in [0.25, 0.3) is 10.9 Å². The van der Waals surface area contributed by atoms with E-state index >= 15 is 0 Å². The van der Waals surface area contributed by atoms with Crippen molar-refractivity contribution in [3.05, 3.63) is 71.4 Å². The van der Waals surface area contributed by atoms with Gasteiger partial charge in [-0.3, -0.25) is 9.59 Å². The quantitative estimate of drug-likeness (QED) is 0.509. The molecule has 0 radical (unpaired) electrons. The van der Waals surface area contributed by atoms with Crippen LogP contribution in [0.4, 0.5) is 0 Å². The number of hydrogen-bond acceptors (Lipinski definition) is 4. The number of carboxylic acid groups (broad SMARTS) is 1. The maximum Gasteiger partial charge on any atom is 0.328 e. The molecule has 3 aromatic rings. The van der Waals surface area contributed by atoms with Crippen molar-refractivity contribution in [1.29, 1.82) is 0 Å². The first-order chi connectivity index (χ1) is 14.9. The van der Waals surface area contributed by atoms with Gasteiger partial charge in [-0.1, -0.05) is 42.5 Å². The fourth-order valence-corrected chi connectivity index (χ4v) is 4.52. The summed E-state index contributed by atoms with van der Waals surface area (Å²) in [5, 5.41) is 13.3. The minimum Gasteiger partial charge on any atom is -0.481 e. The van der Waals surface area contributed by atoms with E-state index in [0.29, 0.717) is 12.8 Å². The minimum absolute atomic E-state index is 0.235. The number of amides is 1. The van der Waals surface area contributed by atoms with Gasteiger partial charge in [0, 0.05) is 23.5 Å². The van der Waals surface area contributed by atoms with Crippen LogP contribution in [0.5, 0.6) is 0 Å². The first-order valence-electron chi connectivity index (χ1n) is 10.1. The number of carbonyl (C=O) groups excluding carboxylic acids is 2. The Morgan fingerprint density at radius 2 is 1.74 bits per heavy atom. The molecule has 3 N–H and O–H groups in total. The lowest BCUT2D eigenvalue weighted by Crippen LogP contribution is -2.51. The third kappa shape index (κ3) is 4.03. The van der Waals surface area contributed by atoms with Gasteiger partial charge in [0.25, 0.3) is 0 Å². The van der Waals surface area contributed by atoms with Crippen molar-refractivity contribution in [3.8, 4) is 0 Å². The van der Waals surface area contributed by atoms with Gasteiger partial charge in [0.1, 0.15) is 6.04 Å². The average Bonchev–Trinajstić information content (AvgIpc) is 3.33. The molecule has 7 nitrogen and oxygen atoms in total. The first kappa shape index (κ1) is 20.7. The Morgan fingerprint density at radius 1 is 1.10 bits per heavy atom. The van der Waals surface area contributed by atoms with E-state index in [1.54, 1.807) is 0 Å². The molecule has 0 fully saturated rings. The van der Waals surface area contributed by atoms with Crippen LogP contribution in [0.3, 0.4) is 0 Å². The molecule has 1 aliphatic rings. The van der Waals surface area contributed by atoms with Crippen molar-refractivity contribution in [2.75, 3.05) is 7.11 Å². The number of rotatable bonds is 7. The number of carbonyl (C=O) groups is 3. The summed E-state index contributed by atoms with van der Waals surface area (Å²) in [6, 6.07) is 14.3. The molecule has 31 heavy (non-hydrogen) atoms. The van der Waals surface area contributed by atoms with Crippen molar-refractivity contribution in [2.24, 2.45) is 5.41 Å². The van der Waals surface area contributed by atoms with Crippen LogP contribution in [0.2, 0.25) is 0 Å². The monoisotopic (exact) mass is 420 g/mol. The maximum atomic E-state index is 13.4. The number of aromatic amines is 1. The van der Waals surface area contributed by atoms with Crippen LogP contribution < -0.4 is 5.32 Å². The van der Waals surface area contributed by atoms with Gasteiger partial charge in [-0.2, -0.15) is 0 Å². The SMILES string of the molecule is COC(=O)C(Cc1c[nH]c2ccccc12)NC(=O)C1(CC(=O)O)Cc2ccccc2C1. The second-order valence-electron chi connectivity index (χ2n) is 8.09. The predicted molar refractivity (Wildman–Crippen MR) is 114 cm³/mol. The number of para-hydroxylation sites is 1. The lowest BCUT2D eigenvalue weighted by Gasteiger charge is -2.28. The predicted octanol–water partition coefficient (Wildman–Crippen LogP) is 2.63. The number of methoxy groups -OCH3 is 1. The van der Waals surface area contributed by atoms with Gasteiger partial charge >= 0.3 is 11.9 Å². The molecule has 0 bridgehead atoms. The highest BCUT2D eigenvalue weighted by molar-refractivity contribution is 5.92. The van der Waals surface area contributed by atoms with Crippen LogP contribution in [-0.2, 0) is 38.4 Å². The summed E-state index contributed by atoms with van der Waals surface area (Å²) in [7, 11) is 1.27. The van der Waals surface area contributed by atoms with Gasteiger partial charge in [-0.25, -0.2) is 4.79 Å². The molecule has 1 aliphatic carbocycles. The number of nitrogens with one attached hydrogen (secondary N) is 2. The third-order valence-electron chi connectivity index (χ3n) is 6.04. The molecule has 4 rings (SSSR count). The van der Waals surface area contributed by atoms with Crippen molar-refractivity contribution in [1.82, 2.24) is 10.3 Å². The van der Waals surface area contributed by atoms with Gasteiger partial charge in [-0.05, 0) is 35.6 Å². The van der Waals surface area contributed by atoms with E-state index in [0.717, 1.165) is 27.6 Å². The molecule has 1 atom stereocenters. The topological polar surface area (TPSA) is 108 Å². The molecule has 7 heteroatoms. The molecule has 0 saturated heterocycles. The van der Waals surface area contributed by atoms with E-state index < -0.39 is 29.3 Å². The molecular formula is C24H24N2O5. The van der Waals surface area contributed by atoms with E-state index in [4.69, 9.17) is 4.74 Å². The summed E-state index contributed by atoms with van der Waals surface area (Å²) in [5.41, 5.74) is 2.59. The number of fused-ring (bicyclic) bond motifs is 2. The number of aliphatic carboxylic acids is 1. The van der Waals surface area contributed by atoms with Crippen molar-refractivity contribution < 1.29 is 24.2 Å². The number of esters is 1. The standard InChI is InChI=1S/C24H24N2O5/c1-31-22(29)20(10-17-14-25-19-9-5-4-8-18(17)19)26-23(30)24(13-21(27)28)11-15-6-2-3-7-16(15)12-24/h2-9,14,20,25H,10-13H2,1H3,(H,26,30)(H,27,28). The zero-order chi connectivity index (χ0) is 22.0. The van der Waals surface area contributed by atoms with Gasteiger partial charge < -0.3 is 20.1 Å². The van der Waals surface area contributed by atoms with Crippen LogP contribution in [0.1, 0.15) is 23.1 Å². The number of benzene rings is 2. The molecule has 0 spiro atoms. The summed E-state index contributed by atoms with van der Waals surface area (Å²) in [5.74, 6) is -2.06. The number of H-pyrrole nitrogens is 1. The van der Waals surface area contributed by atoms with Crippen LogP contribution in [0.15, 0.2) is 54.7 Å². The molecular weight excluding hydrogens is 396 g/mol. The van der Waals surface area contributed by atoms with E-state index in [-0.39, 0.29) is 12.8 Å². The van der Waals surface area contributed by atoms with Crippen molar-refractivity contribution in [2.45, 2.75) is 31.7 Å². The molecule has 2 aromatic carbocycles. The summed E-state index contributed by atoms with van der Waals surface area (Å²) >= 11 is 0. The van der Waals surface area contributed by atoms with E-state index in [1.807, 2.05) is 54.7 Å². The summed E-state index contributed by atoms with van der Waals surface area (Å²) in [4.78, 5) is 40.7. The molecule has 1 unspecified atom stereocenters. The molecule has 1 heterocycles. The highest BCUT2D eigenvalue weighted by Gasteiger charge is 2.46. The second kappa shape index (κ2) is 8.26. The molecule has 0 aliphatic heterocycles.